The zero-order valence-electron chi connectivity index (χ0n) is 18.5. The van der Waals surface area contributed by atoms with Crippen LogP contribution < -0.4 is 5.32 Å². The first-order valence-corrected chi connectivity index (χ1v) is 12.8. The van der Waals surface area contributed by atoms with Crippen LogP contribution in [0.4, 0.5) is 0 Å². The second-order valence-electron chi connectivity index (χ2n) is 6.89. The normalized spacial score (nSPS) is 11.1. The van der Waals surface area contributed by atoms with Gasteiger partial charge in [-0.2, -0.15) is 0 Å². The van der Waals surface area contributed by atoms with Crippen molar-refractivity contribution in [1.82, 2.24) is 10.2 Å². The van der Waals surface area contributed by atoms with Crippen molar-refractivity contribution in [1.29, 1.82) is 0 Å². The van der Waals surface area contributed by atoms with E-state index in [0.29, 0.717) is 58.8 Å². The summed E-state index contributed by atoms with van der Waals surface area (Å²) in [6.45, 7) is 12.0. The molecule has 0 aliphatic carbocycles. The van der Waals surface area contributed by atoms with E-state index in [4.69, 9.17) is 14.2 Å². The van der Waals surface area contributed by atoms with Gasteiger partial charge in [-0.3, -0.25) is 19.3 Å². The third-order valence-electron chi connectivity index (χ3n) is 4.32. The number of hydrogen-bond donors (Lipinski definition) is 1. The van der Waals surface area contributed by atoms with Crippen molar-refractivity contribution in [2.45, 2.75) is 33.1 Å². The monoisotopic (exact) mass is 434 g/mol. The molecule has 0 aromatic rings. The topological polar surface area (TPSA) is 94.2 Å². The molecule has 170 valence electrons. The molecule has 0 radical (unpaired) electrons. The predicted octanol–water partition coefficient (Wildman–Crippen LogP) is 1.71. The summed E-state index contributed by atoms with van der Waals surface area (Å²) in [6.07, 6.45) is 3.07. The lowest BCUT2D eigenvalue weighted by molar-refractivity contribution is -0.141. The summed E-state index contributed by atoms with van der Waals surface area (Å²) in [5.41, 5.74) is 0. The minimum Gasteiger partial charge on any atom is -0.379 e. The number of nitrogens with zero attached hydrogens (tertiary/aromatic N) is 1. The molecule has 0 unspecified atom stereocenters. The molecule has 0 spiro atoms. The van der Waals surface area contributed by atoms with Crippen molar-refractivity contribution in [3.05, 3.63) is 0 Å². The number of amides is 3. The van der Waals surface area contributed by atoms with Crippen molar-refractivity contribution in [3.63, 3.8) is 0 Å². The first-order valence-electron chi connectivity index (χ1n) is 10.4. The Morgan fingerprint density at radius 1 is 0.966 bits per heavy atom. The lowest BCUT2D eigenvalue weighted by atomic mass is 10.0. The number of nitrogens with one attached hydrogen (secondary N) is 1. The van der Waals surface area contributed by atoms with E-state index in [0.717, 1.165) is 17.7 Å². The molecular weight excluding hydrogens is 395 g/mol. The summed E-state index contributed by atoms with van der Waals surface area (Å²) < 4.78 is 16.3. The average Bonchev–Trinajstić information content (AvgIpc) is 2.70. The highest BCUT2D eigenvalue weighted by Crippen LogP contribution is 2.22. The third-order valence-corrected chi connectivity index (χ3v) is 5.40. The van der Waals surface area contributed by atoms with Gasteiger partial charge in [-0.05, 0) is 32.3 Å². The number of imide groups is 1. The Hall–Kier alpha value is -1.08. The summed E-state index contributed by atoms with van der Waals surface area (Å²) in [5, 5.41) is 2.72. The molecular formula is C20H39N2O6P. The zero-order valence-corrected chi connectivity index (χ0v) is 19.4. The van der Waals surface area contributed by atoms with Crippen LogP contribution in [-0.4, -0.2) is 95.3 Å². The fraction of sp³-hybridized carbons (Fsp3) is 0.850. The van der Waals surface area contributed by atoms with Crippen LogP contribution >= 0.6 is 7.92 Å². The maximum absolute atomic E-state index is 12.2. The Kier molecular flexibility index (Phi) is 18.2. The van der Waals surface area contributed by atoms with Gasteiger partial charge in [0, 0.05) is 25.4 Å². The van der Waals surface area contributed by atoms with Crippen molar-refractivity contribution in [2.24, 2.45) is 5.92 Å². The zero-order chi connectivity index (χ0) is 21.9. The summed E-state index contributed by atoms with van der Waals surface area (Å²) in [4.78, 5) is 36.2. The second-order valence-corrected chi connectivity index (χ2v) is 9.50. The van der Waals surface area contributed by atoms with Gasteiger partial charge in [0.2, 0.25) is 18.2 Å². The molecule has 9 heteroatoms. The first-order chi connectivity index (χ1) is 14.0. The standard InChI is InChI=1S/C20H39N2O6P/c1-5-18(6-2)20(25)22(17-23)9-7-19(24)21-8-10-26-11-12-27-13-14-28-15-16-29(3)4/h17-18H,5-16H2,1-4H3,(H,21,24). The Balaban J connectivity index is 3.62. The number of rotatable bonds is 19. The molecule has 0 aromatic carbocycles. The summed E-state index contributed by atoms with van der Waals surface area (Å²) in [7, 11) is 0.0955. The number of carbonyl (C=O) groups is 3. The van der Waals surface area contributed by atoms with Crippen LogP contribution in [0, 0.1) is 5.92 Å². The smallest absolute Gasteiger partial charge is 0.232 e. The van der Waals surface area contributed by atoms with Crippen LogP contribution in [0.2, 0.25) is 0 Å². The molecule has 3 amide bonds. The highest BCUT2D eigenvalue weighted by atomic mass is 31.1. The van der Waals surface area contributed by atoms with Crippen LogP contribution in [0.3, 0.4) is 0 Å². The van der Waals surface area contributed by atoms with E-state index >= 15 is 0 Å². The van der Waals surface area contributed by atoms with Gasteiger partial charge in [-0.15, -0.1) is 7.92 Å². The first kappa shape index (κ1) is 27.9. The third kappa shape index (κ3) is 15.4. The van der Waals surface area contributed by atoms with Gasteiger partial charge in [0.1, 0.15) is 0 Å². The molecule has 1 N–H and O–H groups in total. The van der Waals surface area contributed by atoms with Crippen molar-refractivity contribution >= 4 is 26.1 Å². The number of hydrogen-bond acceptors (Lipinski definition) is 6. The van der Waals surface area contributed by atoms with E-state index in [1.54, 1.807) is 0 Å². The lowest BCUT2D eigenvalue weighted by Gasteiger charge is -2.20. The van der Waals surface area contributed by atoms with E-state index in [2.05, 4.69) is 18.6 Å². The van der Waals surface area contributed by atoms with Gasteiger partial charge in [0.15, 0.2) is 0 Å². The predicted molar refractivity (Wildman–Crippen MR) is 116 cm³/mol. The lowest BCUT2D eigenvalue weighted by Crippen LogP contribution is -2.38. The van der Waals surface area contributed by atoms with Gasteiger partial charge in [0.25, 0.3) is 0 Å². The molecule has 0 atom stereocenters. The summed E-state index contributed by atoms with van der Waals surface area (Å²) >= 11 is 0. The Bertz CT molecular complexity index is 447. The van der Waals surface area contributed by atoms with E-state index in [1.165, 1.54) is 0 Å². The molecule has 0 aliphatic heterocycles. The fourth-order valence-electron chi connectivity index (χ4n) is 2.45. The SMILES string of the molecule is CCC(CC)C(=O)N(C=O)CCC(=O)NCCOCCOCCOCCP(C)C. The molecule has 0 saturated heterocycles. The quantitative estimate of drug-likeness (QED) is 0.189. The van der Waals surface area contributed by atoms with Gasteiger partial charge in [-0.1, -0.05) is 13.8 Å². The fourth-order valence-corrected chi connectivity index (χ4v) is 2.94. The van der Waals surface area contributed by atoms with Crippen LogP contribution in [-0.2, 0) is 28.6 Å². The highest BCUT2D eigenvalue weighted by Gasteiger charge is 2.21. The van der Waals surface area contributed by atoms with E-state index in [9.17, 15) is 14.4 Å². The largest absolute Gasteiger partial charge is 0.379 e. The second kappa shape index (κ2) is 18.9. The van der Waals surface area contributed by atoms with Crippen LogP contribution in [0.1, 0.15) is 33.1 Å². The van der Waals surface area contributed by atoms with Gasteiger partial charge >= 0.3 is 0 Å². The number of ether oxygens (including phenoxy) is 3. The molecule has 0 aliphatic rings. The Labute approximate surface area is 176 Å². The molecule has 29 heavy (non-hydrogen) atoms. The van der Waals surface area contributed by atoms with Gasteiger partial charge in [0.05, 0.1) is 39.6 Å². The van der Waals surface area contributed by atoms with Gasteiger partial charge < -0.3 is 19.5 Å². The molecule has 0 fully saturated rings. The Morgan fingerprint density at radius 3 is 2.03 bits per heavy atom. The molecule has 0 rings (SSSR count). The molecule has 0 heterocycles. The summed E-state index contributed by atoms with van der Waals surface area (Å²) in [5.74, 6) is -0.604. The molecule has 8 nitrogen and oxygen atoms in total. The molecule has 0 bridgehead atoms. The van der Waals surface area contributed by atoms with Crippen LogP contribution in [0.25, 0.3) is 0 Å². The van der Waals surface area contributed by atoms with E-state index < -0.39 is 0 Å². The van der Waals surface area contributed by atoms with Crippen LogP contribution in [0.15, 0.2) is 0 Å². The van der Waals surface area contributed by atoms with E-state index in [1.807, 2.05) is 13.8 Å². The number of carbonyl (C=O) groups excluding carboxylic acids is 3. The van der Waals surface area contributed by atoms with Crippen molar-refractivity contribution in [2.75, 3.05) is 72.2 Å². The van der Waals surface area contributed by atoms with Gasteiger partial charge in [-0.25, -0.2) is 0 Å². The van der Waals surface area contributed by atoms with Crippen LogP contribution in [0.5, 0.6) is 0 Å². The highest BCUT2D eigenvalue weighted by molar-refractivity contribution is 7.55. The minimum atomic E-state index is -0.215. The summed E-state index contributed by atoms with van der Waals surface area (Å²) in [6, 6.07) is 0. The maximum atomic E-state index is 12.2. The molecule has 0 saturated carbocycles. The van der Waals surface area contributed by atoms with Crippen molar-refractivity contribution in [3.8, 4) is 0 Å². The maximum Gasteiger partial charge on any atom is 0.232 e. The van der Waals surface area contributed by atoms with Crippen molar-refractivity contribution < 1.29 is 28.6 Å². The van der Waals surface area contributed by atoms with E-state index in [-0.39, 0.29) is 38.6 Å². The average molecular weight is 435 g/mol. The molecule has 0 aromatic heterocycles. The minimum absolute atomic E-state index is 0.0890. The Morgan fingerprint density at radius 2 is 1.52 bits per heavy atom.